The molecular weight excluding hydrogens is 394 g/mol. The van der Waals surface area contributed by atoms with Crippen molar-refractivity contribution in [3.63, 3.8) is 0 Å². The summed E-state index contributed by atoms with van der Waals surface area (Å²) in [5.41, 5.74) is 5.73. The predicted molar refractivity (Wildman–Crippen MR) is 115 cm³/mol. The monoisotopic (exact) mass is 413 g/mol. The fourth-order valence-electron chi connectivity index (χ4n) is 2.46. The third-order valence-corrected chi connectivity index (χ3v) is 5.01. The van der Waals surface area contributed by atoms with Crippen LogP contribution in [0.5, 0.6) is 0 Å². The van der Waals surface area contributed by atoms with E-state index in [1.54, 1.807) is 18.3 Å². The number of aromatic nitrogens is 1. The number of benzene rings is 2. The molecule has 0 unspecified atom stereocenters. The summed E-state index contributed by atoms with van der Waals surface area (Å²) in [4.78, 5) is 16.7. The molecule has 0 aliphatic rings. The van der Waals surface area contributed by atoms with E-state index in [4.69, 9.17) is 16.3 Å². The van der Waals surface area contributed by atoms with Gasteiger partial charge < -0.3 is 4.74 Å². The van der Waals surface area contributed by atoms with Gasteiger partial charge in [0.25, 0.3) is 0 Å². The van der Waals surface area contributed by atoms with E-state index in [1.807, 2.05) is 41.8 Å². The van der Waals surface area contributed by atoms with E-state index < -0.39 is 0 Å². The number of esters is 1. The molecule has 5 nitrogen and oxygen atoms in total. The zero-order chi connectivity index (χ0) is 19.8. The van der Waals surface area contributed by atoms with Crippen molar-refractivity contribution in [3.8, 4) is 11.3 Å². The van der Waals surface area contributed by atoms with Gasteiger partial charge in [-0.2, -0.15) is 5.10 Å². The lowest BCUT2D eigenvalue weighted by Gasteiger charge is -2.06. The van der Waals surface area contributed by atoms with Crippen molar-refractivity contribution in [3.05, 3.63) is 70.1 Å². The molecule has 0 saturated heterocycles. The molecule has 0 fully saturated rings. The minimum atomic E-state index is -0.342. The van der Waals surface area contributed by atoms with E-state index >= 15 is 0 Å². The lowest BCUT2D eigenvalue weighted by atomic mass is 10.1. The quantitative estimate of drug-likeness (QED) is 0.217. The molecule has 0 amide bonds. The first-order valence-corrected chi connectivity index (χ1v) is 10.2. The van der Waals surface area contributed by atoms with E-state index in [0.29, 0.717) is 27.9 Å². The second-order valence-electron chi connectivity index (χ2n) is 5.96. The SMILES string of the molecule is CCCCOC(=O)c1ccccc1/C=N/Nc1nc(-c2ccccc2Cl)cs1. The Hall–Kier alpha value is -2.70. The molecule has 0 aliphatic carbocycles. The third kappa shape index (κ3) is 5.18. The normalized spacial score (nSPS) is 10.9. The Morgan fingerprint density at radius 2 is 2.04 bits per heavy atom. The Morgan fingerprint density at radius 1 is 1.25 bits per heavy atom. The molecule has 7 heteroatoms. The minimum absolute atomic E-state index is 0.342. The van der Waals surface area contributed by atoms with Gasteiger partial charge in [-0.25, -0.2) is 9.78 Å². The number of unbranched alkanes of at least 4 members (excludes halogenated alkanes) is 1. The van der Waals surface area contributed by atoms with Gasteiger partial charge in [-0.3, -0.25) is 5.43 Å². The minimum Gasteiger partial charge on any atom is -0.462 e. The molecule has 0 saturated carbocycles. The van der Waals surface area contributed by atoms with E-state index in [0.717, 1.165) is 24.1 Å². The highest BCUT2D eigenvalue weighted by Crippen LogP contribution is 2.30. The number of anilines is 1. The van der Waals surface area contributed by atoms with Crippen LogP contribution in [0.4, 0.5) is 5.13 Å². The van der Waals surface area contributed by atoms with Crippen molar-refractivity contribution in [2.75, 3.05) is 12.0 Å². The summed E-state index contributed by atoms with van der Waals surface area (Å²) in [6.07, 6.45) is 3.42. The molecular formula is C21H20ClN3O2S. The average molecular weight is 414 g/mol. The fraction of sp³-hybridized carbons (Fsp3) is 0.190. The van der Waals surface area contributed by atoms with Crippen LogP contribution in [-0.4, -0.2) is 23.8 Å². The van der Waals surface area contributed by atoms with Crippen LogP contribution in [0, 0.1) is 0 Å². The zero-order valence-electron chi connectivity index (χ0n) is 15.4. The van der Waals surface area contributed by atoms with Crippen molar-refractivity contribution in [1.82, 2.24) is 4.98 Å². The molecule has 0 radical (unpaired) electrons. The maximum Gasteiger partial charge on any atom is 0.338 e. The molecule has 1 N–H and O–H groups in total. The van der Waals surface area contributed by atoms with E-state index in [-0.39, 0.29) is 5.97 Å². The first-order valence-electron chi connectivity index (χ1n) is 8.94. The third-order valence-electron chi connectivity index (χ3n) is 3.93. The fourth-order valence-corrected chi connectivity index (χ4v) is 3.35. The topological polar surface area (TPSA) is 63.6 Å². The van der Waals surface area contributed by atoms with Crippen LogP contribution in [-0.2, 0) is 4.74 Å². The van der Waals surface area contributed by atoms with E-state index in [2.05, 4.69) is 22.4 Å². The zero-order valence-corrected chi connectivity index (χ0v) is 17.0. The van der Waals surface area contributed by atoms with Gasteiger partial charge >= 0.3 is 5.97 Å². The summed E-state index contributed by atoms with van der Waals surface area (Å²) in [5, 5.41) is 7.41. The molecule has 28 heavy (non-hydrogen) atoms. The Morgan fingerprint density at radius 3 is 2.86 bits per heavy atom. The van der Waals surface area contributed by atoms with Gasteiger partial charge in [0.15, 0.2) is 0 Å². The van der Waals surface area contributed by atoms with Crippen LogP contribution in [0.15, 0.2) is 59.0 Å². The van der Waals surface area contributed by atoms with Crippen molar-refractivity contribution < 1.29 is 9.53 Å². The van der Waals surface area contributed by atoms with Crippen LogP contribution < -0.4 is 5.43 Å². The predicted octanol–water partition coefficient (Wildman–Crippen LogP) is 5.87. The molecule has 0 atom stereocenters. The van der Waals surface area contributed by atoms with Crippen LogP contribution in [0.3, 0.4) is 0 Å². The van der Waals surface area contributed by atoms with Gasteiger partial charge in [0.1, 0.15) is 0 Å². The van der Waals surface area contributed by atoms with Crippen LogP contribution in [0.25, 0.3) is 11.3 Å². The van der Waals surface area contributed by atoms with Crippen LogP contribution in [0.1, 0.15) is 35.7 Å². The number of hydrogen-bond donors (Lipinski definition) is 1. The molecule has 1 aromatic heterocycles. The van der Waals surface area contributed by atoms with Crippen LogP contribution >= 0.6 is 22.9 Å². The Kier molecular flexibility index (Phi) is 7.17. The molecule has 2 aromatic carbocycles. The van der Waals surface area contributed by atoms with Gasteiger partial charge in [0, 0.05) is 21.5 Å². The molecule has 0 bridgehead atoms. The second kappa shape index (κ2) is 10.0. The largest absolute Gasteiger partial charge is 0.462 e. The van der Waals surface area contributed by atoms with Gasteiger partial charge in [-0.15, -0.1) is 11.3 Å². The molecule has 3 rings (SSSR count). The average Bonchev–Trinajstić information content (AvgIpc) is 3.17. The maximum atomic E-state index is 12.2. The summed E-state index contributed by atoms with van der Waals surface area (Å²) in [7, 11) is 0. The smallest absolute Gasteiger partial charge is 0.338 e. The highest BCUT2D eigenvalue weighted by molar-refractivity contribution is 7.14. The van der Waals surface area contributed by atoms with Crippen molar-refractivity contribution in [2.45, 2.75) is 19.8 Å². The molecule has 144 valence electrons. The number of thiazole rings is 1. The summed E-state index contributed by atoms with van der Waals surface area (Å²) in [6, 6.07) is 14.8. The number of nitrogens with one attached hydrogen (secondary N) is 1. The van der Waals surface area contributed by atoms with Crippen molar-refractivity contribution in [1.29, 1.82) is 0 Å². The molecule has 0 aliphatic heterocycles. The molecule has 0 spiro atoms. The molecule has 3 aromatic rings. The highest BCUT2D eigenvalue weighted by Gasteiger charge is 2.11. The lowest BCUT2D eigenvalue weighted by molar-refractivity contribution is 0.0499. The number of rotatable bonds is 8. The summed E-state index contributed by atoms with van der Waals surface area (Å²) >= 11 is 7.64. The number of nitrogens with zero attached hydrogens (tertiary/aromatic N) is 2. The van der Waals surface area contributed by atoms with Crippen molar-refractivity contribution >= 4 is 40.3 Å². The summed E-state index contributed by atoms with van der Waals surface area (Å²) in [5.74, 6) is -0.342. The number of carbonyl (C=O) groups excluding carboxylic acids is 1. The maximum absolute atomic E-state index is 12.2. The highest BCUT2D eigenvalue weighted by atomic mass is 35.5. The number of halogens is 1. The molecule has 1 heterocycles. The lowest BCUT2D eigenvalue weighted by Crippen LogP contribution is -2.09. The van der Waals surface area contributed by atoms with E-state index in [9.17, 15) is 4.79 Å². The Bertz CT molecular complexity index is 972. The first kappa shape index (κ1) is 20.0. The summed E-state index contributed by atoms with van der Waals surface area (Å²) in [6.45, 7) is 2.47. The van der Waals surface area contributed by atoms with Gasteiger partial charge in [-0.05, 0) is 18.6 Å². The van der Waals surface area contributed by atoms with Gasteiger partial charge in [-0.1, -0.05) is 61.3 Å². The number of hydrazone groups is 1. The Balaban J connectivity index is 1.67. The standard InChI is InChI=1S/C21H20ClN3O2S/c1-2-3-12-27-20(26)16-9-5-4-8-15(16)13-23-25-21-24-19(14-28-21)17-10-6-7-11-18(17)22/h4-11,13-14H,2-3,12H2,1H3,(H,24,25)/b23-13+. The number of carbonyl (C=O) groups is 1. The van der Waals surface area contributed by atoms with Gasteiger partial charge in [0.05, 0.1) is 24.1 Å². The number of ether oxygens (including phenoxy) is 1. The van der Waals surface area contributed by atoms with E-state index in [1.165, 1.54) is 11.3 Å². The number of hydrogen-bond acceptors (Lipinski definition) is 6. The first-order chi connectivity index (χ1) is 13.7. The van der Waals surface area contributed by atoms with Gasteiger partial charge in [0.2, 0.25) is 5.13 Å². The van der Waals surface area contributed by atoms with Crippen LogP contribution in [0.2, 0.25) is 5.02 Å². The summed E-state index contributed by atoms with van der Waals surface area (Å²) < 4.78 is 5.29. The second-order valence-corrected chi connectivity index (χ2v) is 7.23. The van der Waals surface area contributed by atoms with Crippen molar-refractivity contribution in [2.24, 2.45) is 5.10 Å². The Labute approximate surface area is 173 Å².